The molecule has 0 N–H and O–H groups in total. The second kappa shape index (κ2) is 5.81. The number of benzene rings is 1. The van der Waals surface area contributed by atoms with Gasteiger partial charge in [-0.3, -0.25) is 14.6 Å². The normalized spacial score (nSPS) is 10.6. The van der Waals surface area contributed by atoms with E-state index in [2.05, 4.69) is 4.98 Å². The number of carbonyl (C=O) groups is 2. The van der Waals surface area contributed by atoms with Crippen molar-refractivity contribution in [2.45, 2.75) is 13.3 Å². The van der Waals surface area contributed by atoms with E-state index in [0.29, 0.717) is 28.7 Å². The Morgan fingerprint density at radius 1 is 1.14 bits per heavy atom. The molecule has 5 heteroatoms. The van der Waals surface area contributed by atoms with Crippen molar-refractivity contribution in [2.75, 3.05) is 0 Å². The van der Waals surface area contributed by atoms with Gasteiger partial charge in [0.15, 0.2) is 5.76 Å². The lowest BCUT2D eigenvalue weighted by Crippen LogP contribution is -2.04. The van der Waals surface area contributed by atoms with E-state index in [4.69, 9.17) is 9.15 Å². The molecule has 0 aliphatic rings. The Balaban J connectivity index is 1.93. The summed E-state index contributed by atoms with van der Waals surface area (Å²) in [4.78, 5) is 27.5. The maximum Gasteiger partial charge on any atom is 0.310 e. The number of ketones is 1. The molecule has 0 saturated carbocycles. The van der Waals surface area contributed by atoms with E-state index >= 15 is 0 Å². The second-order valence-corrected chi connectivity index (χ2v) is 4.70. The fourth-order valence-corrected chi connectivity index (χ4v) is 2.05. The minimum absolute atomic E-state index is 0.217. The molecule has 0 amide bonds. The number of esters is 1. The van der Waals surface area contributed by atoms with Crippen LogP contribution in [0.1, 0.15) is 29.5 Å². The number of hydrogen-bond acceptors (Lipinski definition) is 5. The van der Waals surface area contributed by atoms with Crippen LogP contribution in [-0.2, 0) is 4.79 Å². The SMILES string of the molecule is CCC(=O)Oc1ccc2oc(C(=O)c3ccncc3)cc2c1. The Hall–Kier alpha value is -2.95. The monoisotopic (exact) mass is 295 g/mol. The molecule has 0 atom stereocenters. The number of furan rings is 1. The number of nitrogens with zero attached hydrogens (tertiary/aromatic N) is 1. The molecule has 0 radical (unpaired) electrons. The molecular formula is C17H13NO4. The third-order valence-electron chi connectivity index (χ3n) is 3.17. The van der Waals surface area contributed by atoms with Gasteiger partial charge in [-0.25, -0.2) is 0 Å². The minimum Gasteiger partial charge on any atom is -0.453 e. The maximum atomic E-state index is 12.3. The van der Waals surface area contributed by atoms with Crippen LogP contribution in [0.3, 0.4) is 0 Å². The summed E-state index contributed by atoms with van der Waals surface area (Å²) < 4.78 is 10.7. The van der Waals surface area contributed by atoms with Crippen LogP contribution in [0, 0.1) is 0 Å². The van der Waals surface area contributed by atoms with E-state index in [1.54, 1.807) is 55.7 Å². The molecule has 0 aliphatic carbocycles. The zero-order chi connectivity index (χ0) is 15.5. The Morgan fingerprint density at radius 2 is 1.91 bits per heavy atom. The van der Waals surface area contributed by atoms with E-state index in [9.17, 15) is 9.59 Å². The summed E-state index contributed by atoms with van der Waals surface area (Å²) in [6, 6.07) is 9.89. The first kappa shape index (κ1) is 14.0. The topological polar surface area (TPSA) is 69.4 Å². The van der Waals surface area contributed by atoms with Crippen LogP contribution in [0.2, 0.25) is 0 Å². The lowest BCUT2D eigenvalue weighted by Gasteiger charge is -2.01. The summed E-state index contributed by atoms with van der Waals surface area (Å²) in [7, 11) is 0. The highest BCUT2D eigenvalue weighted by atomic mass is 16.5. The maximum absolute atomic E-state index is 12.3. The van der Waals surface area contributed by atoms with Gasteiger partial charge in [-0.05, 0) is 36.4 Å². The molecule has 0 spiro atoms. The summed E-state index contributed by atoms with van der Waals surface area (Å²) in [5.41, 5.74) is 1.07. The molecule has 22 heavy (non-hydrogen) atoms. The fourth-order valence-electron chi connectivity index (χ4n) is 2.05. The van der Waals surface area contributed by atoms with Crippen LogP contribution in [0.4, 0.5) is 0 Å². The lowest BCUT2D eigenvalue weighted by molar-refractivity contribution is -0.134. The van der Waals surface area contributed by atoms with Crippen molar-refractivity contribution in [1.82, 2.24) is 4.98 Å². The van der Waals surface area contributed by atoms with Gasteiger partial charge in [0.1, 0.15) is 11.3 Å². The fraction of sp³-hybridized carbons (Fsp3) is 0.118. The first-order valence-electron chi connectivity index (χ1n) is 6.86. The molecule has 0 aliphatic heterocycles. The number of fused-ring (bicyclic) bond motifs is 1. The highest BCUT2D eigenvalue weighted by Gasteiger charge is 2.15. The minimum atomic E-state index is -0.309. The number of hydrogen-bond donors (Lipinski definition) is 0. The lowest BCUT2D eigenvalue weighted by atomic mass is 10.1. The standard InChI is InChI=1S/C17H13NO4/c1-2-16(19)21-13-3-4-14-12(9-13)10-15(22-14)17(20)11-5-7-18-8-6-11/h3-10H,2H2,1H3. The zero-order valence-electron chi connectivity index (χ0n) is 11.9. The number of pyridine rings is 1. The van der Waals surface area contributed by atoms with E-state index in [1.165, 1.54) is 0 Å². The Morgan fingerprint density at radius 3 is 2.64 bits per heavy atom. The summed E-state index contributed by atoms with van der Waals surface area (Å²) >= 11 is 0. The van der Waals surface area contributed by atoms with Crippen molar-refractivity contribution in [2.24, 2.45) is 0 Å². The smallest absolute Gasteiger partial charge is 0.310 e. The number of rotatable bonds is 4. The van der Waals surface area contributed by atoms with Crippen molar-refractivity contribution < 1.29 is 18.7 Å². The van der Waals surface area contributed by atoms with Crippen LogP contribution in [0.15, 0.2) is 53.2 Å². The third kappa shape index (κ3) is 2.74. The molecule has 2 heterocycles. The Bertz CT molecular complexity index is 836. The predicted molar refractivity (Wildman–Crippen MR) is 79.8 cm³/mol. The number of ether oxygens (including phenoxy) is 1. The second-order valence-electron chi connectivity index (χ2n) is 4.70. The van der Waals surface area contributed by atoms with Gasteiger partial charge in [0.25, 0.3) is 0 Å². The van der Waals surface area contributed by atoms with Crippen molar-refractivity contribution >= 4 is 22.7 Å². The average Bonchev–Trinajstić information content (AvgIpc) is 2.98. The molecule has 0 bridgehead atoms. The zero-order valence-corrected chi connectivity index (χ0v) is 11.9. The van der Waals surface area contributed by atoms with Gasteiger partial charge in [-0.2, -0.15) is 0 Å². The van der Waals surface area contributed by atoms with Gasteiger partial charge < -0.3 is 9.15 Å². The quantitative estimate of drug-likeness (QED) is 0.419. The van der Waals surface area contributed by atoms with Gasteiger partial charge in [0.2, 0.25) is 5.78 Å². The van der Waals surface area contributed by atoms with E-state index in [1.807, 2.05) is 0 Å². The van der Waals surface area contributed by atoms with E-state index in [-0.39, 0.29) is 17.5 Å². The predicted octanol–water partition coefficient (Wildman–Crippen LogP) is 3.37. The van der Waals surface area contributed by atoms with Crippen molar-refractivity contribution in [3.63, 3.8) is 0 Å². The molecule has 5 nitrogen and oxygen atoms in total. The molecule has 110 valence electrons. The highest BCUT2D eigenvalue weighted by molar-refractivity contribution is 6.08. The molecular weight excluding hydrogens is 282 g/mol. The summed E-state index contributed by atoms with van der Waals surface area (Å²) in [6.07, 6.45) is 3.41. The third-order valence-corrected chi connectivity index (χ3v) is 3.17. The van der Waals surface area contributed by atoms with Crippen molar-refractivity contribution in [1.29, 1.82) is 0 Å². The summed E-state index contributed by atoms with van der Waals surface area (Å²) in [5.74, 6) is 0.143. The molecule has 3 aromatic rings. The van der Waals surface area contributed by atoms with Gasteiger partial charge in [-0.1, -0.05) is 6.92 Å². The molecule has 0 unspecified atom stereocenters. The first-order valence-corrected chi connectivity index (χ1v) is 6.86. The first-order chi connectivity index (χ1) is 10.7. The Kier molecular flexibility index (Phi) is 3.70. The molecule has 1 aromatic carbocycles. The van der Waals surface area contributed by atoms with Crippen molar-refractivity contribution in [3.05, 3.63) is 60.1 Å². The number of aromatic nitrogens is 1. The average molecular weight is 295 g/mol. The Labute approximate surface area is 126 Å². The largest absolute Gasteiger partial charge is 0.453 e. The molecule has 3 rings (SSSR count). The van der Waals surface area contributed by atoms with Crippen LogP contribution < -0.4 is 4.74 Å². The van der Waals surface area contributed by atoms with Crippen LogP contribution in [-0.4, -0.2) is 16.7 Å². The van der Waals surface area contributed by atoms with Gasteiger partial charge in [0, 0.05) is 29.8 Å². The van der Waals surface area contributed by atoms with E-state index in [0.717, 1.165) is 0 Å². The van der Waals surface area contributed by atoms with E-state index < -0.39 is 0 Å². The van der Waals surface area contributed by atoms with Gasteiger partial charge in [-0.15, -0.1) is 0 Å². The van der Waals surface area contributed by atoms with Crippen LogP contribution in [0.5, 0.6) is 5.75 Å². The summed E-state index contributed by atoms with van der Waals surface area (Å²) in [6.45, 7) is 1.73. The van der Waals surface area contributed by atoms with Crippen molar-refractivity contribution in [3.8, 4) is 5.75 Å². The van der Waals surface area contributed by atoms with Crippen LogP contribution in [0.25, 0.3) is 11.0 Å². The highest BCUT2D eigenvalue weighted by Crippen LogP contribution is 2.25. The molecule has 0 saturated heterocycles. The summed E-state index contributed by atoms with van der Waals surface area (Å²) in [5, 5.41) is 0.707. The van der Waals surface area contributed by atoms with Crippen LogP contribution >= 0.6 is 0 Å². The molecule has 0 fully saturated rings. The number of carbonyl (C=O) groups excluding carboxylic acids is 2. The molecule has 2 aromatic heterocycles. The van der Waals surface area contributed by atoms with Gasteiger partial charge in [0.05, 0.1) is 0 Å². The van der Waals surface area contributed by atoms with Gasteiger partial charge >= 0.3 is 5.97 Å².